The molecule has 0 bridgehead atoms. The van der Waals surface area contributed by atoms with Gasteiger partial charge in [0.15, 0.2) is 5.82 Å². The van der Waals surface area contributed by atoms with Crippen LogP contribution in [0.3, 0.4) is 0 Å². The number of carboxylic acid groups (broad SMARTS) is 1. The van der Waals surface area contributed by atoms with Gasteiger partial charge in [-0.1, -0.05) is 6.42 Å². The van der Waals surface area contributed by atoms with E-state index in [-0.39, 0.29) is 23.9 Å². The van der Waals surface area contributed by atoms with Crippen LogP contribution in [0, 0.1) is 25.1 Å². The topological polar surface area (TPSA) is 106 Å². The van der Waals surface area contributed by atoms with Gasteiger partial charge in [-0.25, -0.2) is 14.4 Å². The second-order valence-electron chi connectivity index (χ2n) is 8.71. The molecular weight excluding hydrogens is 484 g/mol. The number of halogens is 4. The second kappa shape index (κ2) is 9.25. The number of anilines is 2. The van der Waals surface area contributed by atoms with Crippen molar-refractivity contribution in [2.24, 2.45) is 5.41 Å². The Morgan fingerprint density at radius 2 is 1.97 bits per heavy atom. The quantitative estimate of drug-likeness (QED) is 0.444. The number of benzene rings is 1. The molecular formula is C24H22F4N4O4. The Morgan fingerprint density at radius 1 is 1.25 bits per heavy atom. The van der Waals surface area contributed by atoms with Crippen molar-refractivity contribution in [3.05, 3.63) is 69.7 Å². The lowest BCUT2D eigenvalue weighted by Crippen LogP contribution is -2.43. The molecule has 12 heteroatoms. The highest BCUT2D eigenvalue weighted by Crippen LogP contribution is 2.42. The van der Waals surface area contributed by atoms with Crippen molar-refractivity contribution in [3.8, 4) is 11.6 Å². The minimum absolute atomic E-state index is 0.00695. The molecule has 0 saturated heterocycles. The van der Waals surface area contributed by atoms with Crippen LogP contribution in [-0.2, 0) is 11.0 Å². The molecule has 0 unspecified atom stereocenters. The lowest BCUT2D eigenvalue weighted by atomic mass is 9.69. The Bertz CT molecular complexity index is 1360. The fourth-order valence-electron chi connectivity index (χ4n) is 3.97. The van der Waals surface area contributed by atoms with Gasteiger partial charge in [0.2, 0.25) is 0 Å². The Balaban J connectivity index is 1.60. The number of carbonyl (C=O) groups is 1. The largest absolute Gasteiger partial charge is 0.490 e. The minimum atomic E-state index is -4.71. The molecule has 1 aliphatic carbocycles. The summed E-state index contributed by atoms with van der Waals surface area (Å²) in [4.78, 5) is 32.9. The summed E-state index contributed by atoms with van der Waals surface area (Å²) in [6.07, 6.45) is -0.216. The number of aryl methyl sites for hydroxylation is 2. The number of alkyl halides is 3. The van der Waals surface area contributed by atoms with E-state index in [1.54, 1.807) is 19.9 Å². The molecule has 3 aromatic rings. The van der Waals surface area contributed by atoms with Crippen molar-refractivity contribution in [1.29, 1.82) is 0 Å². The second-order valence-corrected chi connectivity index (χ2v) is 8.71. The fraction of sp³-hybridized carbons (Fsp3) is 0.333. The number of hydrogen-bond donors (Lipinski definition) is 2. The molecule has 1 aliphatic rings. The first-order chi connectivity index (χ1) is 16.9. The van der Waals surface area contributed by atoms with Gasteiger partial charge in [0.05, 0.1) is 16.9 Å². The third-order valence-corrected chi connectivity index (χ3v) is 6.21. The Labute approximate surface area is 202 Å². The van der Waals surface area contributed by atoms with Gasteiger partial charge < -0.3 is 15.2 Å². The molecule has 4 rings (SSSR count). The number of hydrogen-bond acceptors (Lipinski definition) is 6. The Kier molecular flexibility index (Phi) is 6.46. The number of aliphatic carboxylic acids is 1. The van der Waals surface area contributed by atoms with Gasteiger partial charge in [-0.2, -0.15) is 13.2 Å². The van der Waals surface area contributed by atoms with E-state index in [1.165, 1.54) is 12.4 Å². The predicted octanol–water partition coefficient (Wildman–Crippen LogP) is 4.78. The van der Waals surface area contributed by atoms with E-state index in [2.05, 4.69) is 15.3 Å². The van der Waals surface area contributed by atoms with Crippen LogP contribution in [0.2, 0.25) is 0 Å². The van der Waals surface area contributed by atoms with Crippen LogP contribution >= 0.6 is 0 Å². The summed E-state index contributed by atoms with van der Waals surface area (Å²) < 4.78 is 59.6. The number of carboxylic acids is 1. The first kappa shape index (κ1) is 25.1. The number of pyridine rings is 1. The molecule has 1 aromatic carbocycles. The minimum Gasteiger partial charge on any atom is -0.490 e. The summed E-state index contributed by atoms with van der Waals surface area (Å²) in [6, 6.07) is 3.47. The SMILES string of the molecule is Cc1cc(-n2ccnc(Nc3ccc(C(F)(F)F)cc3F)c2=O)nc(C)c1OCC1(C(=O)O)CCC1. The number of rotatable bonds is 7. The summed E-state index contributed by atoms with van der Waals surface area (Å²) >= 11 is 0. The highest BCUT2D eigenvalue weighted by Gasteiger charge is 2.45. The van der Waals surface area contributed by atoms with Crippen molar-refractivity contribution in [3.63, 3.8) is 0 Å². The molecule has 2 heterocycles. The average molecular weight is 506 g/mol. The van der Waals surface area contributed by atoms with Gasteiger partial charge in [-0.05, 0) is 56.5 Å². The van der Waals surface area contributed by atoms with E-state index < -0.39 is 34.5 Å². The van der Waals surface area contributed by atoms with Crippen LogP contribution < -0.4 is 15.6 Å². The molecule has 0 radical (unpaired) electrons. The van der Waals surface area contributed by atoms with Crippen LogP contribution in [0.15, 0.2) is 41.5 Å². The monoisotopic (exact) mass is 506 g/mol. The van der Waals surface area contributed by atoms with E-state index in [4.69, 9.17) is 4.74 Å². The molecule has 0 spiro atoms. The van der Waals surface area contributed by atoms with E-state index in [0.717, 1.165) is 17.1 Å². The van der Waals surface area contributed by atoms with Crippen molar-refractivity contribution in [2.45, 2.75) is 39.3 Å². The van der Waals surface area contributed by atoms with Crippen molar-refractivity contribution in [1.82, 2.24) is 14.5 Å². The zero-order chi connectivity index (χ0) is 26.3. The number of aromatic nitrogens is 3. The van der Waals surface area contributed by atoms with Gasteiger partial charge in [0.25, 0.3) is 5.56 Å². The van der Waals surface area contributed by atoms with Crippen LogP contribution in [0.25, 0.3) is 5.82 Å². The van der Waals surface area contributed by atoms with Crippen molar-refractivity contribution < 1.29 is 32.2 Å². The van der Waals surface area contributed by atoms with Crippen molar-refractivity contribution in [2.75, 3.05) is 11.9 Å². The predicted molar refractivity (Wildman–Crippen MR) is 121 cm³/mol. The molecule has 1 saturated carbocycles. The van der Waals surface area contributed by atoms with Crippen LogP contribution in [0.4, 0.5) is 29.1 Å². The molecule has 8 nitrogen and oxygen atoms in total. The molecule has 0 atom stereocenters. The molecule has 0 aliphatic heterocycles. The summed E-state index contributed by atoms with van der Waals surface area (Å²) in [5.74, 6) is -1.79. The van der Waals surface area contributed by atoms with E-state index >= 15 is 0 Å². The highest BCUT2D eigenvalue weighted by molar-refractivity contribution is 5.76. The van der Waals surface area contributed by atoms with E-state index in [1.807, 2.05) is 0 Å². The molecule has 2 N–H and O–H groups in total. The third kappa shape index (κ3) is 4.75. The smallest absolute Gasteiger partial charge is 0.416 e. The summed E-state index contributed by atoms with van der Waals surface area (Å²) in [5.41, 5.74) is -2.09. The zero-order valence-electron chi connectivity index (χ0n) is 19.3. The van der Waals surface area contributed by atoms with Crippen LogP contribution in [0.5, 0.6) is 5.75 Å². The summed E-state index contributed by atoms with van der Waals surface area (Å²) in [6.45, 7) is 3.39. The molecule has 1 fully saturated rings. The van der Waals surface area contributed by atoms with Gasteiger partial charge in [0, 0.05) is 12.4 Å². The van der Waals surface area contributed by atoms with E-state index in [9.17, 15) is 32.3 Å². The van der Waals surface area contributed by atoms with Gasteiger partial charge in [-0.15, -0.1) is 0 Å². The Hall–Kier alpha value is -3.96. The third-order valence-electron chi connectivity index (χ3n) is 6.21. The number of nitrogens with zero attached hydrogens (tertiary/aromatic N) is 3. The van der Waals surface area contributed by atoms with Gasteiger partial charge >= 0.3 is 12.1 Å². The lowest BCUT2D eigenvalue weighted by molar-refractivity contribution is -0.157. The number of ether oxygens (including phenoxy) is 1. The number of nitrogens with one attached hydrogen (secondary N) is 1. The highest BCUT2D eigenvalue weighted by atomic mass is 19.4. The molecule has 190 valence electrons. The standard InChI is InChI=1S/C24H22F4N4O4/c1-13-10-18(30-14(2)19(13)36-12-23(22(34)35)6-3-7-23)32-9-8-29-20(21(32)33)31-17-5-4-15(11-16(17)25)24(26,27)28/h4-5,8-11H,3,6-7,12H2,1-2H3,(H,29,31)(H,34,35). The summed E-state index contributed by atoms with van der Waals surface area (Å²) in [5, 5.41) is 11.9. The molecule has 2 aromatic heterocycles. The van der Waals surface area contributed by atoms with E-state index in [0.29, 0.717) is 42.0 Å². The first-order valence-corrected chi connectivity index (χ1v) is 11.0. The maximum absolute atomic E-state index is 14.2. The Morgan fingerprint density at radius 3 is 2.53 bits per heavy atom. The van der Waals surface area contributed by atoms with Gasteiger partial charge in [0.1, 0.15) is 29.4 Å². The maximum atomic E-state index is 14.2. The summed E-state index contributed by atoms with van der Waals surface area (Å²) in [7, 11) is 0. The zero-order valence-corrected chi connectivity index (χ0v) is 19.3. The fourth-order valence-corrected chi connectivity index (χ4v) is 3.97. The first-order valence-electron chi connectivity index (χ1n) is 11.0. The molecule has 0 amide bonds. The maximum Gasteiger partial charge on any atom is 0.416 e. The normalized spacial score (nSPS) is 14.7. The van der Waals surface area contributed by atoms with Gasteiger partial charge in [-0.3, -0.25) is 14.2 Å². The van der Waals surface area contributed by atoms with Crippen molar-refractivity contribution >= 4 is 17.5 Å². The average Bonchev–Trinajstić information content (AvgIpc) is 2.76. The molecule has 36 heavy (non-hydrogen) atoms. The van der Waals surface area contributed by atoms with Crippen LogP contribution in [-0.4, -0.2) is 32.2 Å². The lowest BCUT2D eigenvalue weighted by Gasteiger charge is -2.37. The van der Waals surface area contributed by atoms with Crippen LogP contribution in [0.1, 0.15) is 36.1 Å².